The molecule has 2 N–H and O–H groups in total. The topological polar surface area (TPSA) is 61.4 Å². The molecule has 1 aromatic rings. The third-order valence-electron chi connectivity index (χ3n) is 4.74. The quantitative estimate of drug-likeness (QED) is 0.693. The molecule has 1 aliphatic heterocycles. The number of ketones is 1. The molecule has 0 aromatic heterocycles. The van der Waals surface area contributed by atoms with Gasteiger partial charge in [-0.15, -0.1) is 12.4 Å². The van der Waals surface area contributed by atoms with Gasteiger partial charge >= 0.3 is 0 Å². The van der Waals surface area contributed by atoms with Gasteiger partial charge in [0.2, 0.25) is 5.91 Å². The van der Waals surface area contributed by atoms with Gasteiger partial charge in [0.1, 0.15) is 0 Å². The van der Waals surface area contributed by atoms with Crippen LogP contribution in [0.3, 0.4) is 0 Å². The second kappa shape index (κ2) is 11.2. The minimum atomic E-state index is 0. The Morgan fingerprint density at radius 3 is 2.36 bits per heavy atom. The summed E-state index contributed by atoms with van der Waals surface area (Å²) in [6.45, 7) is 5.63. The number of carbonyl (C=O) groups excluding carboxylic acids is 2. The van der Waals surface area contributed by atoms with E-state index in [0.717, 1.165) is 37.8 Å². The number of benzene rings is 1. The van der Waals surface area contributed by atoms with E-state index < -0.39 is 0 Å². The first-order chi connectivity index (χ1) is 11.6. The van der Waals surface area contributed by atoms with E-state index in [1.54, 1.807) is 24.3 Å². The van der Waals surface area contributed by atoms with Gasteiger partial charge in [0, 0.05) is 24.2 Å². The number of piperidine rings is 1. The van der Waals surface area contributed by atoms with Crippen LogP contribution in [0, 0.1) is 5.92 Å². The van der Waals surface area contributed by atoms with Crippen LogP contribution in [0.4, 0.5) is 5.69 Å². The standard InChI is InChI=1S/C19H29N3O2.ClH/c1-15(23)17-3-5-18(6-4-17)21-19(24)10-14-22-12-8-16(9-13-22)7-11-20-2;/h3-6,16,20H,7-14H2,1-2H3,(H,21,24);1H. The minimum Gasteiger partial charge on any atom is -0.326 e. The van der Waals surface area contributed by atoms with Crippen molar-refractivity contribution in [3.63, 3.8) is 0 Å². The number of nitrogens with zero attached hydrogens (tertiary/aromatic N) is 1. The van der Waals surface area contributed by atoms with E-state index in [2.05, 4.69) is 15.5 Å². The van der Waals surface area contributed by atoms with E-state index in [4.69, 9.17) is 0 Å². The highest BCUT2D eigenvalue weighted by Crippen LogP contribution is 2.20. The fourth-order valence-electron chi connectivity index (χ4n) is 3.12. The van der Waals surface area contributed by atoms with Gasteiger partial charge in [-0.3, -0.25) is 9.59 Å². The third-order valence-corrected chi connectivity index (χ3v) is 4.74. The molecule has 140 valence electrons. The first kappa shape index (κ1) is 21.6. The summed E-state index contributed by atoms with van der Waals surface area (Å²) in [5, 5.41) is 6.11. The maximum absolute atomic E-state index is 12.1. The fraction of sp³-hybridized carbons (Fsp3) is 0.579. The van der Waals surface area contributed by atoms with Crippen LogP contribution in [-0.4, -0.2) is 49.8 Å². The van der Waals surface area contributed by atoms with E-state index in [-0.39, 0.29) is 24.1 Å². The van der Waals surface area contributed by atoms with Gasteiger partial charge in [-0.05, 0) is 83.1 Å². The summed E-state index contributed by atoms with van der Waals surface area (Å²) in [7, 11) is 2.00. The molecule has 0 bridgehead atoms. The molecule has 0 aliphatic carbocycles. The Hall–Kier alpha value is -1.43. The smallest absolute Gasteiger partial charge is 0.225 e. The van der Waals surface area contributed by atoms with Crippen LogP contribution < -0.4 is 10.6 Å². The molecule has 0 saturated carbocycles. The molecule has 1 fully saturated rings. The molecule has 1 saturated heterocycles. The van der Waals surface area contributed by atoms with Gasteiger partial charge in [0.05, 0.1) is 0 Å². The zero-order valence-corrected chi connectivity index (χ0v) is 16.0. The van der Waals surface area contributed by atoms with Crippen LogP contribution in [0.2, 0.25) is 0 Å². The van der Waals surface area contributed by atoms with Crippen molar-refractivity contribution in [2.75, 3.05) is 38.5 Å². The predicted molar refractivity (Wildman–Crippen MR) is 105 cm³/mol. The molecule has 0 radical (unpaired) electrons. The van der Waals surface area contributed by atoms with Gasteiger partial charge in [0.25, 0.3) is 0 Å². The van der Waals surface area contributed by atoms with Crippen LogP contribution in [0.1, 0.15) is 43.0 Å². The van der Waals surface area contributed by atoms with Crippen LogP contribution in [0.15, 0.2) is 24.3 Å². The van der Waals surface area contributed by atoms with Gasteiger partial charge < -0.3 is 15.5 Å². The molecule has 1 aromatic carbocycles. The van der Waals surface area contributed by atoms with E-state index in [1.807, 2.05) is 7.05 Å². The first-order valence-electron chi connectivity index (χ1n) is 8.86. The zero-order chi connectivity index (χ0) is 17.4. The molecule has 1 aliphatic rings. The number of Topliss-reactive ketones (excluding diaryl/α,β-unsaturated/α-hetero) is 1. The van der Waals surface area contributed by atoms with Crippen LogP contribution in [0.5, 0.6) is 0 Å². The summed E-state index contributed by atoms with van der Waals surface area (Å²) in [6.07, 6.45) is 4.22. The van der Waals surface area contributed by atoms with Crippen molar-refractivity contribution in [3.05, 3.63) is 29.8 Å². The number of halogens is 1. The Labute approximate surface area is 157 Å². The average molecular weight is 368 g/mol. The normalized spacial score (nSPS) is 15.4. The Balaban J connectivity index is 0.00000312. The highest BCUT2D eigenvalue weighted by atomic mass is 35.5. The number of carbonyl (C=O) groups is 2. The number of anilines is 1. The molecule has 2 rings (SSSR count). The summed E-state index contributed by atoms with van der Waals surface area (Å²) in [5.74, 6) is 0.885. The molecule has 5 nitrogen and oxygen atoms in total. The van der Waals surface area contributed by atoms with Crippen molar-refractivity contribution in [2.45, 2.75) is 32.6 Å². The molecule has 6 heteroatoms. The molecule has 0 spiro atoms. The van der Waals surface area contributed by atoms with Gasteiger partial charge in [-0.1, -0.05) is 0 Å². The summed E-state index contributed by atoms with van der Waals surface area (Å²) < 4.78 is 0. The summed E-state index contributed by atoms with van der Waals surface area (Å²) in [5.41, 5.74) is 1.41. The molecular formula is C19H30ClN3O2. The van der Waals surface area contributed by atoms with Crippen molar-refractivity contribution in [1.82, 2.24) is 10.2 Å². The number of nitrogens with one attached hydrogen (secondary N) is 2. The van der Waals surface area contributed by atoms with E-state index >= 15 is 0 Å². The average Bonchev–Trinajstić information content (AvgIpc) is 2.59. The van der Waals surface area contributed by atoms with Crippen LogP contribution in [0.25, 0.3) is 0 Å². The van der Waals surface area contributed by atoms with Crippen LogP contribution >= 0.6 is 12.4 Å². The van der Waals surface area contributed by atoms with Crippen molar-refractivity contribution in [1.29, 1.82) is 0 Å². The molecule has 1 heterocycles. The van der Waals surface area contributed by atoms with Gasteiger partial charge in [0.15, 0.2) is 5.78 Å². The zero-order valence-electron chi connectivity index (χ0n) is 15.2. The summed E-state index contributed by atoms with van der Waals surface area (Å²) in [4.78, 5) is 25.7. The van der Waals surface area contributed by atoms with Gasteiger partial charge in [-0.2, -0.15) is 0 Å². The number of rotatable bonds is 8. The van der Waals surface area contributed by atoms with Crippen molar-refractivity contribution >= 4 is 29.8 Å². The highest BCUT2D eigenvalue weighted by molar-refractivity contribution is 5.95. The fourth-order valence-corrected chi connectivity index (χ4v) is 3.12. The molecular weight excluding hydrogens is 338 g/mol. The lowest BCUT2D eigenvalue weighted by Gasteiger charge is -2.31. The largest absolute Gasteiger partial charge is 0.326 e. The summed E-state index contributed by atoms with van der Waals surface area (Å²) in [6, 6.07) is 7.05. The first-order valence-corrected chi connectivity index (χ1v) is 8.86. The van der Waals surface area contributed by atoms with Gasteiger partial charge in [-0.25, -0.2) is 0 Å². The Morgan fingerprint density at radius 1 is 1.16 bits per heavy atom. The van der Waals surface area contributed by atoms with E-state index in [9.17, 15) is 9.59 Å². The molecule has 25 heavy (non-hydrogen) atoms. The highest BCUT2D eigenvalue weighted by Gasteiger charge is 2.19. The maximum atomic E-state index is 12.1. The Morgan fingerprint density at radius 2 is 1.80 bits per heavy atom. The van der Waals surface area contributed by atoms with Crippen molar-refractivity contribution < 1.29 is 9.59 Å². The lowest BCUT2D eigenvalue weighted by atomic mass is 9.93. The van der Waals surface area contributed by atoms with E-state index in [1.165, 1.54) is 26.2 Å². The molecule has 0 unspecified atom stereocenters. The molecule has 1 amide bonds. The number of likely N-dealkylation sites (tertiary alicyclic amines) is 1. The van der Waals surface area contributed by atoms with Crippen molar-refractivity contribution in [2.24, 2.45) is 5.92 Å². The second-order valence-corrected chi connectivity index (χ2v) is 6.61. The number of amides is 1. The Bertz CT molecular complexity index is 540. The SMILES string of the molecule is CNCCC1CCN(CCC(=O)Nc2ccc(C(C)=O)cc2)CC1.Cl. The number of hydrogen-bond donors (Lipinski definition) is 2. The Kier molecular flexibility index (Phi) is 9.71. The third kappa shape index (κ3) is 7.55. The lowest BCUT2D eigenvalue weighted by molar-refractivity contribution is -0.116. The van der Waals surface area contributed by atoms with E-state index in [0.29, 0.717) is 12.0 Å². The second-order valence-electron chi connectivity index (χ2n) is 6.61. The number of hydrogen-bond acceptors (Lipinski definition) is 4. The van der Waals surface area contributed by atoms with Crippen LogP contribution in [-0.2, 0) is 4.79 Å². The predicted octanol–water partition coefficient (Wildman–Crippen LogP) is 2.96. The monoisotopic (exact) mass is 367 g/mol. The minimum absolute atomic E-state index is 0. The maximum Gasteiger partial charge on any atom is 0.225 e. The summed E-state index contributed by atoms with van der Waals surface area (Å²) >= 11 is 0. The lowest BCUT2D eigenvalue weighted by Crippen LogP contribution is -2.36. The molecule has 0 atom stereocenters. The van der Waals surface area contributed by atoms with Crippen molar-refractivity contribution in [3.8, 4) is 0 Å².